The molecule has 0 unspecified atom stereocenters. The minimum absolute atomic E-state index is 0.124. The van der Waals surface area contributed by atoms with Gasteiger partial charge in [0.1, 0.15) is 9.84 Å². The second kappa shape index (κ2) is 4.51. The lowest BCUT2D eigenvalue weighted by molar-refractivity contribution is -0.155. The van der Waals surface area contributed by atoms with Gasteiger partial charge in [-0.05, 0) is 25.7 Å². The van der Waals surface area contributed by atoms with Crippen molar-refractivity contribution in [1.29, 1.82) is 0 Å². The van der Waals surface area contributed by atoms with Gasteiger partial charge >= 0.3 is 5.97 Å². The summed E-state index contributed by atoms with van der Waals surface area (Å²) < 4.78 is 22.4. The molecule has 1 fully saturated rings. The molecule has 0 aromatic carbocycles. The van der Waals surface area contributed by atoms with Crippen molar-refractivity contribution >= 4 is 15.8 Å². The third kappa shape index (κ3) is 2.93. The maximum Gasteiger partial charge on any atom is 0.309 e. The summed E-state index contributed by atoms with van der Waals surface area (Å²) in [5.41, 5.74) is -0.608. The SMILES string of the molecule is CCS(=O)(=O)CCCC1(C(=O)O)CCC1. The van der Waals surface area contributed by atoms with Crippen LogP contribution in [0.2, 0.25) is 0 Å². The molecule has 1 aliphatic carbocycles. The van der Waals surface area contributed by atoms with Crippen molar-refractivity contribution in [2.24, 2.45) is 5.41 Å². The van der Waals surface area contributed by atoms with Crippen LogP contribution in [0.3, 0.4) is 0 Å². The molecule has 0 spiro atoms. The Bertz CT molecular complexity index is 327. The number of hydrogen-bond acceptors (Lipinski definition) is 3. The molecule has 0 aromatic heterocycles. The lowest BCUT2D eigenvalue weighted by Gasteiger charge is -2.37. The Morgan fingerprint density at radius 1 is 1.40 bits per heavy atom. The first kappa shape index (κ1) is 12.5. The molecule has 0 heterocycles. The van der Waals surface area contributed by atoms with Crippen molar-refractivity contribution in [1.82, 2.24) is 0 Å². The summed E-state index contributed by atoms with van der Waals surface area (Å²) in [6.45, 7) is 1.62. The third-order valence-electron chi connectivity index (χ3n) is 3.31. The van der Waals surface area contributed by atoms with Crippen LogP contribution in [-0.4, -0.2) is 31.0 Å². The zero-order chi connectivity index (χ0) is 11.5. The highest BCUT2D eigenvalue weighted by atomic mass is 32.2. The summed E-state index contributed by atoms with van der Waals surface area (Å²) in [6, 6.07) is 0. The molecular weight excluding hydrogens is 216 g/mol. The van der Waals surface area contributed by atoms with Gasteiger partial charge in [-0.1, -0.05) is 13.3 Å². The predicted molar refractivity (Wildman–Crippen MR) is 57.5 cm³/mol. The van der Waals surface area contributed by atoms with Gasteiger partial charge in [-0.2, -0.15) is 0 Å². The van der Waals surface area contributed by atoms with Gasteiger partial charge in [0, 0.05) is 5.75 Å². The Kier molecular flexibility index (Phi) is 3.76. The van der Waals surface area contributed by atoms with Gasteiger partial charge in [-0.25, -0.2) is 8.42 Å². The molecule has 0 radical (unpaired) electrons. The topological polar surface area (TPSA) is 71.4 Å². The van der Waals surface area contributed by atoms with E-state index in [9.17, 15) is 13.2 Å². The maximum atomic E-state index is 11.2. The van der Waals surface area contributed by atoms with E-state index in [4.69, 9.17) is 5.11 Å². The molecule has 0 amide bonds. The summed E-state index contributed by atoms with van der Waals surface area (Å²) in [5, 5.41) is 9.02. The number of carboxylic acids is 1. The molecule has 1 saturated carbocycles. The third-order valence-corrected chi connectivity index (χ3v) is 5.11. The summed E-state index contributed by atoms with van der Waals surface area (Å²) in [5.74, 6) is -0.492. The quantitative estimate of drug-likeness (QED) is 0.755. The van der Waals surface area contributed by atoms with E-state index in [1.165, 1.54) is 0 Å². The van der Waals surface area contributed by atoms with Crippen LogP contribution < -0.4 is 0 Å². The van der Waals surface area contributed by atoms with Crippen molar-refractivity contribution in [2.45, 2.75) is 39.0 Å². The van der Waals surface area contributed by atoms with E-state index in [1.807, 2.05) is 0 Å². The van der Waals surface area contributed by atoms with Gasteiger partial charge < -0.3 is 5.11 Å². The number of hydrogen-bond donors (Lipinski definition) is 1. The fraction of sp³-hybridized carbons (Fsp3) is 0.900. The maximum absolute atomic E-state index is 11.2. The highest BCUT2D eigenvalue weighted by molar-refractivity contribution is 7.91. The van der Waals surface area contributed by atoms with Crippen LogP contribution in [0.1, 0.15) is 39.0 Å². The predicted octanol–water partition coefficient (Wildman–Crippen LogP) is 1.46. The van der Waals surface area contributed by atoms with E-state index in [-0.39, 0.29) is 11.5 Å². The smallest absolute Gasteiger partial charge is 0.309 e. The number of sulfone groups is 1. The molecule has 0 saturated heterocycles. The van der Waals surface area contributed by atoms with Crippen LogP contribution in [-0.2, 0) is 14.6 Å². The zero-order valence-corrected chi connectivity index (χ0v) is 9.85. The second-order valence-corrected chi connectivity index (χ2v) is 6.75. The molecule has 0 bridgehead atoms. The van der Waals surface area contributed by atoms with Crippen molar-refractivity contribution in [3.63, 3.8) is 0 Å². The Morgan fingerprint density at radius 3 is 2.33 bits per heavy atom. The average Bonchev–Trinajstić information content (AvgIpc) is 2.09. The van der Waals surface area contributed by atoms with Crippen LogP contribution in [0.15, 0.2) is 0 Å². The lowest BCUT2D eigenvalue weighted by Crippen LogP contribution is -2.38. The van der Waals surface area contributed by atoms with E-state index in [1.54, 1.807) is 6.92 Å². The Labute approximate surface area is 90.6 Å². The minimum atomic E-state index is -2.94. The first-order valence-electron chi connectivity index (χ1n) is 5.36. The van der Waals surface area contributed by atoms with Gasteiger partial charge in [-0.3, -0.25) is 4.79 Å². The number of carboxylic acid groups (broad SMARTS) is 1. The normalized spacial score (nSPS) is 19.5. The summed E-state index contributed by atoms with van der Waals surface area (Å²) >= 11 is 0. The molecule has 1 rings (SSSR count). The zero-order valence-electron chi connectivity index (χ0n) is 9.03. The molecule has 1 N–H and O–H groups in total. The number of carbonyl (C=O) groups is 1. The molecule has 5 heteroatoms. The van der Waals surface area contributed by atoms with E-state index < -0.39 is 21.2 Å². The van der Waals surface area contributed by atoms with Gasteiger partial charge in [0.25, 0.3) is 0 Å². The van der Waals surface area contributed by atoms with Crippen LogP contribution in [0.25, 0.3) is 0 Å². The molecule has 0 aromatic rings. The molecule has 15 heavy (non-hydrogen) atoms. The van der Waals surface area contributed by atoms with Gasteiger partial charge in [0.15, 0.2) is 0 Å². The van der Waals surface area contributed by atoms with Crippen molar-refractivity contribution in [3.8, 4) is 0 Å². The highest BCUT2D eigenvalue weighted by Gasteiger charge is 2.43. The fourth-order valence-electron chi connectivity index (χ4n) is 1.95. The molecule has 0 aliphatic heterocycles. The van der Waals surface area contributed by atoms with Crippen molar-refractivity contribution in [3.05, 3.63) is 0 Å². The second-order valence-electron chi connectivity index (χ2n) is 4.28. The van der Waals surface area contributed by atoms with E-state index in [0.717, 1.165) is 6.42 Å². The van der Waals surface area contributed by atoms with E-state index in [0.29, 0.717) is 25.7 Å². The van der Waals surface area contributed by atoms with E-state index in [2.05, 4.69) is 0 Å². The standard InChI is InChI=1S/C10H18O4S/c1-2-15(13,14)8-4-7-10(9(11)12)5-3-6-10/h2-8H2,1H3,(H,11,12). The minimum Gasteiger partial charge on any atom is -0.481 e. The molecule has 88 valence electrons. The van der Waals surface area contributed by atoms with Gasteiger partial charge in [0.05, 0.1) is 11.2 Å². The Hall–Kier alpha value is -0.580. The molecule has 0 atom stereocenters. The summed E-state index contributed by atoms with van der Waals surface area (Å²) in [7, 11) is -2.94. The first-order valence-corrected chi connectivity index (χ1v) is 7.18. The summed E-state index contributed by atoms with van der Waals surface area (Å²) in [4.78, 5) is 11.0. The van der Waals surface area contributed by atoms with Crippen molar-refractivity contribution < 1.29 is 18.3 Å². The lowest BCUT2D eigenvalue weighted by atomic mass is 9.66. The van der Waals surface area contributed by atoms with Crippen LogP contribution in [0, 0.1) is 5.41 Å². The first-order chi connectivity index (χ1) is 6.92. The molecule has 1 aliphatic rings. The number of rotatable bonds is 6. The average molecular weight is 234 g/mol. The largest absolute Gasteiger partial charge is 0.481 e. The van der Waals surface area contributed by atoms with Crippen molar-refractivity contribution in [2.75, 3.05) is 11.5 Å². The molecular formula is C10H18O4S. The highest BCUT2D eigenvalue weighted by Crippen LogP contribution is 2.45. The fourth-order valence-corrected chi connectivity index (χ4v) is 2.82. The number of aliphatic carboxylic acids is 1. The van der Waals surface area contributed by atoms with Gasteiger partial charge in [-0.15, -0.1) is 0 Å². The van der Waals surface area contributed by atoms with E-state index >= 15 is 0 Å². The Balaban J connectivity index is 2.40. The van der Waals surface area contributed by atoms with Gasteiger partial charge in [0.2, 0.25) is 0 Å². The molecule has 4 nitrogen and oxygen atoms in total. The Morgan fingerprint density at radius 2 is 2.00 bits per heavy atom. The summed E-state index contributed by atoms with van der Waals surface area (Å²) in [6.07, 6.45) is 3.33. The monoisotopic (exact) mass is 234 g/mol. The van der Waals surface area contributed by atoms with Crippen LogP contribution in [0.4, 0.5) is 0 Å². The van der Waals surface area contributed by atoms with Crippen LogP contribution in [0.5, 0.6) is 0 Å². The van der Waals surface area contributed by atoms with Crippen LogP contribution >= 0.6 is 0 Å².